The van der Waals surface area contributed by atoms with Crippen molar-refractivity contribution in [1.29, 1.82) is 0 Å². The zero-order valence-corrected chi connectivity index (χ0v) is 12.4. The van der Waals surface area contributed by atoms with Crippen molar-refractivity contribution in [2.24, 2.45) is 0 Å². The number of nitrogens with zero attached hydrogens (tertiary/aromatic N) is 2. The van der Waals surface area contributed by atoms with Crippen LogP contribution in [0.25, 0.3) is 0 Å². The van der Waals surface area contributed by atoms with Crippen LogP contribution in [-0.2, 0) is 13.1 Å². The first-order chi connectivity index (χ1) is 10.8. The Hall–Kier alpha value is -2.82. The maximum atomic E-state index is 5.28. The molecule has 0 radical (unpaired) electrons. The van der Waals surface area contributed by atoms with Gasteiger partial charge in [0, 0.05) is 12.6 Å². The number of hydrogen-bond donors (Lipinski definition) is 2. The molecule has 112 valence electrons. The third-order valence-corrected chi connectivity index (χ3v) is 3.41. The van der Waals surface area contributed by atoms with Crippen LogP contribution in [0.2, 0.25) is 0 Å². The lowest BCUT2D eigenvalue weighted by molar-refractivity contribution is 0.518. The van der Waals surface area contributed by atoms with Gasteiger partial charge in [-0.1, -0.05) is 24.3 Å². The zero-order valence-electron chi connectivity index (χ0n) is 12.4. The van der Waals surface area contributed by atoms with E-state index in [1.54, 1.807) is 12.6 Å². The Kier molecular flexibility index (Phi) is 4.34. The summed E-state index contributed by atoms with van der Waals surface area (Å²) in [5.74, 6) is 2.42. The molecule has 0 unspecified atom stereocenters. The van der Waals surface area contributed by atoms with E-state index in [1.165, 1.54) is 11.1 Å². The van der Waals surface area contributed by atoms with Gasteiger partial charge in [-0.25, -0.2) is 9.97 Å². The second kappa shape index (κ2) is 6.76. The van der Waals surface area contributed by atoms with Gasteiger partial charge in [0.25, 0.3) is 0 Å². The Morgan fingerprint density at radius 3 is 2.45 bits per heavy atom. The zero-order chi connectivity index (χ0) is 15.2. The van der Waals surface area contributed by atoms with E-state index in [2.05, 4.69) is 39.7 Å². The Labute approximate surface area is 129 Å². The minimum atomic E-state index is 0.598. The van der Waals surface area contributed by atoms with Crippen molar-refractivity contribution in [2.45, 2.75) is 20.0 Å². The van der Waals surface area contributed by atoms with E-state index in [0.29, 0.717) is 6.54 Å². The van der Waals surface area contributed by atoms with Crippen LogP contribution in [0.5, 0.6) is 0 Å². The molecule has 3 rings (SSSR count). The number of hydrogen-bond acceptors (Lipinski definition) is 5. The lowest BCUT2D eigenvalue weighted by Crippen LogP contribution is -2.05. The molecule has 0 aliphatic rings. The van der Waals surface area contributed by atoms with Gasteiger partial charge in [0.1, 0.15) is 23.7 Å². The minimum Gasteiger partial charge on any atom is -0.467 e. The molecule has 0 aliphatic carbocycles. The fourth-order valence-electron chi connectivity index (χ4n) is 2.14. The van der Waals surface area contributed by atoms with Crippen LogP contribution in [0.1, 0.15) is 16.9 Å². The molecule has 2 heterocycles. The van der Waals surface area contributed by atoms with Gasteiger partial charge in [-0.05, 0) is 30.2 Å². The van der Waals surface area contributed by atoms with Crippen LogP contribution in [0.15, 0.2) is 59.5 Å². The SMILES string of the molecule is Cc1ccccc1CNc1cc(NCc2ccco2)ncn1. The van der Waals surface area contributed by atoms with Crippen LogP contribution < -0.4 is 10.6 Å². The molecular formula is C17H18N4O. The van der Waals surface area contributed by atoms with Crippen LogP contribution in [0, 0.1) is 6.92 Å². The van der Waals surface area contributed by atoms with Crippen LogP contribution in [0.3, 0.4) is 0 Å². The molecule has 0 saturated heterocycles. The summed E-state index contributed by atoms with van der Waals surface area (Å²) < 4.78 is 5.28. The highest BCUT2D eigenvalue weighted by molar-refractivity contribution is 5.47. The van der Waals surface area contributed by atoms with Crippen LogP contribution >= 0.6 is 0 Å². The molecular weight excluding hydrogens is 276 g/mol. The van der Waals surface area contributed by atoms with Gasteiger partial charge < -0.3 is 15.1 Å². The van der Waals surface area contributed by atoms with Crippen molar-refractivity contribution in [3.8, 4) is 0 Å². The third-order valence-electron chi connectivity index (χ3n) is 3.41. The summed E-state index contributed by atoms with van der Waals surface area (Å²) in [6.07, 6.45) is 3.21. The highest BCUT2D eigenvalue weighted by Crippen LogP contribution is 2.13. The Morgan fingerprint density at radius 1 is 0.955 bits per heavy atom. The second-order valence-electron chi connectivity index (χ2n) is 5.00. The van der Waals surface area contributed by atoms with E-state index in [4.69, 9.17) is 4.42 Å². The first-order valence-electron chi connectivity index (χ1n) is 7.18. The van der Waals surface area contributed by atoms with E-state index in [1.807, 2.05) is 30.3 Å². The van der Waals surface area contributed by atoms with Crippen LogP contribution in [0.4, 0.5) is 11.6 Å². The fraction of sp³-hybridized carbons (Fsp3) is 0.176. The smallest absolute Gasteiger partial charge is 0.131 e. The van der Waals surface area contributed by atoms with Crippen molar-refractivity contribution in [3.63, 3.8) is 0 Å². The van der Waals surface area contributed by atoms with Gasteiger partial charge in [0.05, 0.1) is 12.8 Å². The first-order valence-corrected chi connectivity index (χ1v) is 7.18. The van der Waals surface area contributed by atoms with E-state index < -0.39 is 0 Å². The molecule has 1 aromatic carbocycles. The molecule has 3 aromatic rings. The summed E-state index contributed by atoms with van der Waals surface area (Å²) in [7, 11) is 0. The maximum Gasteiger partial charge on any atom is 0.131 e. The summed E-state index contributed by atoms with van der Waals surface area (Å²) in [5, 5.41) is 6.53. The predicted molar refractivity (Wildman–Crippen MR) is 86.6 cm³/mol. The molecule has 0 fully saturated rings. The van der Waals surface area contributed by atoms with Crippen molar-refractivity contribution in [1.82, 2.24) is 9.97 Å². The maximum absolute atomic E-state index is 5.28. The fourth-order valence-corrected chi connectivity index (χ4v) is 2.14. The van der Waals surface area contributed by atoms with Gasteiger partial charge >= 0.3 is 0 Å². The number of aromatic nitrogens is 2. The average Bonchev–Trinajstić information content (AvgIpc) is 3.06. The first kappa shape index (κ1) is 14.1. The van der Waals surface area contributed by atoms with Gasteiger partial charge in [-0.15, -0.1) is 0 Å². The molecule has 0 bridgehead atoms. The third kappa shape index (κ3) is 3.63. The van der Waals surface area contributed by atoms with Crippen LogP contribution in [-0.4, -0.2) is 9.97 Å². The predicted octanol–water partition coefficient (Wildman–Crippen LogP) is 3.60. The monoisotopic (exact) mass is 294 g/mol. The molecule has 2 aromatic heterocycles. The van der Waals surface area contributed by atoms with Gasteiger partial charge in [0.15, 0.2) is 0 Å². The molecule has 0 aliphatic heterocycles. The van der Waals surface area contributed by atoms with Gasteiger partial charge in [0.2, 0.25) is 0 Å². The van der Waals surface area contributed by atoms with Crippen molar-refractivity contribution in [2.75, 3.05) is 10.6 Å². The highest BCUT2D eigenvalue weighted by atomic mass is 16.3. The largest absolute Gasteiger partial charge is 0.467 e. The molecule has 0 spiro atoms. The minimum absolute atomic E-state index is 0.598. The molecule has 0 saturated carbocycles. The summed E-state index contributed by atoms with van der Waals surface area (Å²) in [6, 6.07) is 14.0. The Bertz CT molecular complexity index is 725. The Morgan fingerprint density at radius 2 is 1.73 bits per heavy atom. The number of furan rings is 1. The van der Waals surface area contributed by atoms with E-state index in [9.17, 15) is 0 Å². The molecule has 5 heteroatoms. The van der Waals surface area contributed by atoms with Crippen molar-refractivity contribution in [3.05, 3.63) is 71.9 Å². The number of nitrogens with one attached hydrogen (secondary N) is 2. The Balaban J connectivity index is 1.60. The lowest BCUT2D eigenvalue weighted by Gasteiger charge is -2.09. The van der Waals surface area contributed by atoms with E-state index in [0.717, 1.165) is 23.9 Å². The summed E-state index contributed by atoms with van der Waals surface area (Å²) in [5.41, 5.74) is 2.52. The highest BCUT2D eigenvalue weighted by Gasteiger charge is 2.01. The van der Waals surface area contributed by atoms with Gasteiger partial charge in [-0.3, -0.25) is 0 Å². The number of benzene rings is 1. The average molecular weight is 294 g/mol. The van der Waals surface area contributed by atoms with E-state index in [-0.39, 0.29) is 0 Å². The number of aryl methyl sites for hydroxylation is 1. The number of rotatable bonds is 6. The van der Waals surface area contributed by atoms with E-state index >= 15 is 0 Å². The number of anilines is 2. The topological polar surface area (TPSA) is 63.0 Å². The molecule has 22 heavy (non-hydrogen) atoms. The lowest BCUT2D eigenvalue weighted by atomic mass is 10.1. The van der Waals surface area contributed by atoms with Crippen molar-refractivity contribution >= 4 is 11.6 Å². The summed E-state index contributed by atoms with van der Waals surface area (Å²) >= 11 is 0. The standard InChI is InChI=1S/C17H18N4O/c1-13-5-2-3-6-14(13)10-18-16-9-17(21-12-20-16)19-11-15-7-4-8-22-15/h2-9,12H,10-11H2,1H3,(H2,18,19,20,21). The second-order valence-corrected chi connectivity index (χ2v) is 5.00. The summed E-state index contributed by atoms with van der Waals surface area (Å²) in [4.78, 5) is 8.45. The molecule has 2 N–H and O–H groups in total. The molecule has 5 nitrogen and oxygen atoms in total. The quantitative estimate of drug-likeness (QED) is 0.727. The summed E-state index contributed by atoms with van der Waals surface area (Å²) in [6.45, 7) is 3.44. The van der Waals surface area contributed by atoms with Gasteiger partial charge in [-0.2, -0.15) is 0 Å². The molecule has 0 atom stereocenters. The van der Waals surface area contributed by atoms with Crippen molar-refractivity contribution < 1.29 is 4.42 Å². The normalized spacial score (nSPS) is 10.4. The molecule has 0 amide bonds.